The Bertz CT molecular complexity index is 1330. The van der Waals surface area contributed by atoms with Crippen molar-refractivity contribution < 1.29 is 33.3 Å². The van der Waals surface area contributed by atoms with Gasteiger partial charge in [0.25, 0.3) is 11.7 Å². The lowest BCUT2D eigenvalue weighted by atomic mass is 9.94. The summed E-state index contributed by atoms with van der Waals surface area (Å²) < 4.78 is 21.7. The van der Waals surface area contributed by atoms with Crippen LogP contribution in [0.3, 0.4) is 0 Å². The molecule has 1 N–H and O–H groups in total. The number of carbonyl (C=O) groups excluding carboxylic acids is 2. The Balaban J connectivity index is 1.95. The van der Waals surface area contributed by atoms with Gasteiger partial charge in [0.2, 0.25) is 0 Å². The SMILES string of the molecule is CCOc1cccc(C2/C(=C(\O)c3cc(Cl)c(OC)c(Cl)c3OC)C(=O)C(=O)N2Cc2ccco2)c1. The molecular formula is C26H23Cl2NO7. The zero-order valence-corrected chi connectivity index (χ0v) is 21.2. The second-order valence-electron chi connectivity index (χ2n) is 7.80. The number of ketones is 1. The fourth-order valence-corrected chi connectivity index (χ4v) is 4.88. The molecule has 1 aliphatic heterocycles. The maximum atomic E-state index is 13.3. The van der Waals surface area contributed by atoms with Crippen LogP contribution in [0.2, 0.25) is 10.0 Å². The smallest absolute Gasteiger partial charge is 0.296 e. The molecule has 188 valence electrons. The summed E-state index contributed by atoms with van der Waals surface area (Å²) in [7, 11) is 2.74. The maximum absolute atomic E-state index is 13.3. The number of nitrogens with zero attached hydrogens (tertiary/aromatic N) is 1. The molecule has 1 unspecified atom stereocenters. The Labute approximate surface area is 217 Å². The summed E-state index contributed by atoms with van der Waals surface area (Å²) >= 11 is 12.7. The van der Waals surface area contributed by atoms with Crippen molar-refractivity contribution in [2.75, 3.05) is 20.8 Å². The molecule has 1 fully saturated rings. The number of furan rings is 1. The summed E-state index contributed by atoms with van der Waals surface area (Å²) in [5, 5.41) is 11.6. The number of amides is 1. The molecule has 1 aliphatic rings. The largest absolute Gasteiger partial charge is 0.507 e. The van der Waals surface area contributed by atoms with Crippen molar-refractivity contribution in [2.24, 2.45) is 0 Å². The third-order valence-electron chi connectivity index (χ3n) is 5.73. The van der Waals surface area contributed by atoms with E-state index in [-0.39, 0.29) is 39.2 Å². The number of methoxy groups -OCH3 is 2. The molecule has 0 bridgehead atoms. The number of hydrogen-bond donors (Lipinski definition) is 1. The molecule has 36 heavy (non-hydrogen) atoms. The second-order valence-corrected chi connectivity index (χ2v) is 8.58. The van der Waals surface area contributed by atoms with Crippen LogP contribution in [0.25, 0.3) is 5.76 Å². The van der Waals surface area contributed by atoms with Crippen LogP contribution in [0.4, 0.5) is 0 Å². The number of hydrogen-bond acceptors (Lipinski definition) is 7. The molecule has 10 heteroatoms. The molecule has 2 heterocycles. The van der Waals surface area contributed by atoms with E-state index in [9.17, 15) is 14.7 Å². The molecule has 1 saturated heterocycles. The van der Waals surface area contributed by atoms with E-state index in [1.807, 2.05) is 6.92 Å². The second kappa shape index (κ2) is 10.6. The Hall–Kier alpha value is -3.62. The van der Waals surface area contributed by atoms with Crippen molar-refractivity contribution >= 4 is 40.7 Å². The monoisotopic (exact) mass is 531 g/mol. The number of likely N-dealkylation sites (tertiary alicyclic amines) is 1. The van der Waals surface area contributed by atoms with Gasteiger partial charge in [-0.15, -0.1) is 0 Å². The maximum Gasteiger partial charge on any atom is 0.296 e. The van der Waals surface area contributed by atoms with Crippen LogP contribution >= 0.6 is 23.2 Å². The van der Waals surface area contributed by atoms with Gasteiger partial charge in [-0.05, 0) is 42.8 Å². The zero-order valence-electron chi connectivity index (χ0n) is 19.7. The van der Waals surface area contributed by atoms with Crippen LogP contribution < -0.4 is 14.2 Å². The predicted molar refractivity (Wildman–Crippen MR) is 134 cm³/mol. The first kappa shape index (κ1) is 25.5. The lowest BCUT2D eigenvalue weighted by molar-refractivity contribution is -0.140. The van der Waals surface area contributed by atoms with Gasteiger partial charge in [0.1, 0.15) is 22.3 Å². The van der Waals surface area contributed by atoms with Gasteiger partial charge in [-0.1, -0.05) is 35.3 Å². The van der Waals surface area contributed by atoms with Crippen LogP contribution in [0.1, 0.15) is 29.9 Å². The first-order chi connectivity index (χ1) is 17.3. The highest BCUT2D eigenvalue weighted by molar-refractivity contribution is 6.47. The molecule has 0 radical (unpaired) electrons. The number of halogens is 2. The first-order valence-corrected chi connectivity index (χ1v) is 11.7. The van der Waals surface area contributed by atoms with E-state index < -0.39 is 23.5 Å². The van der Waals surface area contributed by atoms with Crippen LogP contribution in [-0.2, 0) is 16.1 Å². The summed E-state index contributed by atoms with van der Waals surface area (Å²) in [6.07, 6.45) is 1.48. The number of carbonyl (C=O) groups is 2. The summed E-state index contributed by atoms with van der Waals surface area (Å²) in [6, 6.07) is 10.8. The average Bonchev–Trinajstić information content (AvgIpc) is 3.46. The molecule has 3 aromatic rings. The number of aliphatic hydroxyl groups excluding tert-OH is 1. The van der Waals surface area contributed by atoms with E-state index in [4.69, 9.17) is 41.8 Å². The molecule has 0 aliphatic carbocycles. The molecule has 1 amide bonds. The summed E-state index contributed by atoms with van der Waals surface area (Å²) in [5.41, 5.74) is 0.434. The minimum absolute atomic E-state index is 0.000851. The molecule has 1 atom stereocenters. The van der Waals surface area contributed by atoms with Gasteiger partial charge in [0.05, 0.1) is 55.8 Å². The number of ether oxygens (including phenoxy) is 3. The number of aliphatic hydroxyl groups is 1. The van der Waals surface area contributed by atoms with Gasteiger partial charge in [-0.2, -0.15) is 0 Å². The predicted octanol–water partition coefficient (Wildman–Crippen LogP) is 5.62. The van der Waals surface area contributed by atoms with Gasteiger partial charge < -0.3 is 28.6 Å². The molecule has 2 aromatic carbocycles. The van der Waals surface area contributed by atoms with Gasteiger partial charge in [-0.3, -0.25) is 9.59 Å². The van der Waals surface area contributed by atoms with Crippen LogP contribution in [-0.4, -0.2) is 42.5 Å². The minimum atomic E-state index is -0.958. The van der Waals surface area contributed by atoms with E-state index in [1.54, 1.807) is 36.4 Å². The van der Waals surface area contributed by atoms with E-state index in [0.29, 0.717) is 23.7 Å². The molecule has 8 nitrogen and oxygen atoms in total. The van der Waals surface area contributed by atoms with Gasteiger partial charge in [-0.25, -0.2) is 0 Å². The quantitative estimate of drug-likeness (QED) is 0.228. The first-order valence-electron chi connectivity index (χ1n) is 11.0. The lowest BCUT2D eigenvalue weighted by Gasteiger charge is -2.25. The highest BCUT2D eigenvalue weighted by Crippen LogP contribution is 2.47. The third-order valence-corrected chi connectivity index (χ3v) is 6.35. The van der Waals surface area contributed by atoms with Gasteiger partial charge in [0, 0.05) is 0 Å². The average molecular weight is 532 g/mol. The van der Waals surface area contributed by atoms with Gasteiger partial charge >= 0.3 is 0 Å². The molecular weight excluding hydrogens is 509 g/mol. The summed E-state index contributed by atoms with van der Waals surface area (Å²) in [6.45, 7) is 2.27. The van der Waals surface area contributed by atoms with Crippen molar-refractivity contribution in [1.29, 1.82) is 0 Å². The van der Waals surface area contributed by atoms with E-state index in [2.05, 4.69) is 0 Å². The third kappa shape index (κ3) is 4.50. The van der Waals surface area contributed by atoms with Crippen molar-refractivity contribution in [2.45, 2.75) is 19.5 Å². The number of Topliss-reactive ketones (excluding diaryl/α,β-unsaturated/α-hetero) is 1. The Morgan fingerprint density at radius 1 is 1.08 bits per heavy atom. The minimum Gasteiger partial charge on any atom is -0.507 e. The van der Waals surface area contributed by atoms with E-state index in [0.717, 1.165) is 0 Å². The van der Waals surface area contributed by atoms with E-state index in [1.165, 1.54) is 31.4 Å². The Kier molecular flexibility index (Phi) is 7.47. The summed E-state index contributed by atoms with van der Waals surface area (Å²) in [5.74, 6) is -0.978. The van der Waals surface area contributed by atoms with E-state index >= 15 is 0 Å². The lowest BCUT2D eigenvalue weighted by Crippen LogP contribution is -2.29. The summed E-state index contributed by atoms with van der Waals surface area (Å²) in [4.78, 5) is 27.9. The van der Waals surface area contributed by atoms with Crippen LogP contribution in [0.5, 0.6) is 17.2 Å². The Morgan fingerprint density at radius 2 is 1.83 bits per heavy atom. The normalized spacial score (nSPS) is 16.9. The van der Waals surface area contributed by atoms with Crippen molar-refractivity contribution in [3.8, 4) is 17.2 Å². The molecule has 0 saturated carbocycles. The fourth-order valence-electron chi connectivity index (χ4n) is 4.19. The highest BCUT2D eigenvalue weighted by Gasteiger charge is 2.47. The van der Waals surface area contributed by atoms with Gasteiger partial charge in [0.15, 0.2) is 11.5 Å². The van der Waals surface area contributed by atoms with Crippen molar-refractivity contribution in [1.82, 2.24) is 4.90 Å². The molecule has 4 rings (SSSR count). The standard InChI is InChI=1S/C26H23Cl2NO7/c1-4-35-15-8-5-7-14(11-15)21-19(23(31)26(32)29(21)13-16-9-6-10-36-16)22(30)17-12-18(27)25(34-3)20(28)24(17)33-2/h5-12,21,30H,4,13H2,1-3H3/b22-19+. The topological polar surface area (TPSA) is 98.4 Å². The van der Waals surface area contributed by atoms with Crippen LogP contribution in [0.15, 0.2) is 58.7 Å². The van der Waals surface area contributed by atoms with Crippen molar-refractivity contribution in [3.63, 3.8) is 0 Å². The molecule has 0 spiro atoms. The zero-order chi connectivity index (χ0) is 26.0. The number of benzene rings is 2. The molecule has 1 aromatic heterocycles. The number of rotatable bonds is 8. The Morgan fingerprint density at radius 3 is 2.47 bits per heavy atom. The van der Waals surface area contributed by atoms with Crippen molar-refractivity contribution in [3.05, 3.63) is 81.2 Å². The highest BCUT2D eigenvalue weighted by atomic mass is 35.5. The fraction of sp³-hybridized carbons (Fsp3) is 0.231. The van der Waals surface area contributed by atoms with Crippen LogP contribution in [0, 0.1) is 0 Å².